The van der Waals surface area contributed by atoms with Crippen molar-refractivity contribution in [3.05, 3.63) is 0 Å². The maximum atomic E-state index is 12.8. The second-order valence-electron chi connectivity index (χ2n) is 3.75. The third-order valence-corrected chi connectivity index (χ3v) is 2.96. The lowest BCUT2D eigenvalue weighted by atomic mass is 9.97. The molecule has 80 valence electrons. The first-order valence-corrected chi connectivity index (χ1v) is 6.77. The van der Waals surface area contributed by atoms with Gasteiger partial charge in [0, 0.05) is 6.66 Å². The van der Waals surface area contributed by atoms with Crippen molar-refractivity contribution in [3.8, 4) is 0 Å². The molecule has 0 saturated carbocycles. The van der Waals surface area contributed by atoms with E-state index in [1.54, 1.807) is 0 Å². The molecule has 0 saturated heterocycles. The molecule has 2 atom stereocenters. The third kappa shape index (κ3) is 6.23. The number of unbranched alkanes of at least 4 members (excludes halogenated alkanes) is 1. The summed E-state index contributed by atoms with van der Waals surface area (Å²) in [5.41, 5.74) is -0.560. The van der Waals surface area contributed by atoms with Crippen LogP contribution in [0.1, 0.15) is 46.5 Å². The highest BCUT2D eigenvalue weighted by Crippen LogP contribution is 2.49. The quantitative estimate of drug-likeness (QED) is 0.615. The Morgan fingerprint density at radius 2 is 2.00 bits per heavy atom. The monoisotopic (exact) mass is 210 g/mol. The van der Waals surface area contributed by atoms with Crippen LogP contribution in [-0.2, 0) is 9.09 Å². The van der Waals surface area contributed by atoms with E-state index < -0.39 is 13.3 Å². The van der Waals surface area contributed by atoms with Crippen molar-refractivity contribution < 1.29 is 13.3 Å². The topological polar surface area (TPSA) is 26.3 Å². The minimum absolute atomic E-state index is 0.560. The molecule has 0 fully saturated rings. The molecule has 0 aromatic heterocycles. The van der Waals surface area contributed by atoms with Gasteiger partial charge in [-0.25, -0.2) is 0 Å². The molecular weight excluding hydrogens is 190 g/mol. The molecule has 0 radical (unpaired) electrons. The lowest BCUT2D eigenvalue weighted by molar-refractivity contribution is 0.0682. The largest absolute Gasteiger partial charge is 0.365 e. The van der Waals surface area contributed by atoms with Gasteiger partial charge in [-0.1, -0.05) is 26.7 Å². The zero-order chi connectivity index (χ0) is 10.5. The summed E-state index contributed by atoms with van der Waals surface area (Å²) in [4.78, 5) is 0. The van der Waals surface area contributed by atoms with Gasteiger partial charge in [0.2, 0.25) is 0 Å². The SMILES string of the molecule is CCCCC(C)(CC)OP(C)(=O)F. The minimum atomic E-state index is -3.84. The summed E-state index contributed by atoms with van der Waals surface area (Å²) in [6, 6.07) is 0. The van der Waals surface area contributed by atoms with E-state index in [1.807, 2.05) is 13.8 Å². The molecule has 4 heteroatoms. The van der Waals surface area contributed by atoms with E-state index in [0.717, 1.165) is 25.9 Å². The van der Waals surface area contributed by atoms with Crippen molar-refractivity contribution in [1.29, 1.82) is 0 Å². The molecule has 2 unspecified atom stereocenters. The number of hydrogen-bond acceptors (Lipinski definition) is 2. The molecule has 0 amide bonds. The fourth-order valence-corrected chi connectivity index (χ4v) is 2.24. The van der Waals surface area contributed by atoms with Crippen molar-refractivity contribution >= 4 is 7.68 Å². The molecular formula is C9H20FO2P. The number of halogens is 1. The van der Waals surface area contributed by atoms with Crippen molar-refractivity contribution in [2.75, 3.05) is 6.66 Å². The van der Waals surface area contributed by atoms with Crippen molar-refractivity contribution in [1.82, 2.24) is 0 Å². The van der Waals surface area contributed by atoms with E-state index in [1.165, 1.54) is 0 Å². The first-order chi connectivity index (χ1) is 5.83. The summed E-state index contributed by atoms with van der Waals surface area (Å²) < 4.78 is 28.7. The lowest BCUT2D eigenvalue weighted by Gasteiger charge is -2.28. The predicted molar refractivity (Wildman–Crippen MR) is 53.9 cm³/mol. The van der Waals surface area contributed by atoms with Crippen LogP contribution in [-0.4, -0.2) is 12.3 Å². The highest BCUT2D eigenvalue weighted by atomic mass is 31.2. The Bertz CT molecular complexity index is 190. The lowest BCUT2D eigenvalue weighted by Crippen LogP contribution is -2.25. The van der Waals surface area contributed by atoms with Gasteiger partial charge in [0.25, 0.3) is 0 Å². The Morgan fingerprint density at radius 3 is 2.31 bits per heavy atom. The van der Waals surface area contributed by atoms with E-state index in [0.29, 0.717) is 6.42 Å². The van der Waals surface area contributed by atoms with Crippen LogP contribution in [0, 0.1) is 0 Å². The van der Waals surface area contributed by atoms with Gasteiger partial charge in [-0.05, 0) is 19.8 Å². The Hall–Kier alpha value is 0.120. The average Bonchev–Trinajstić information content (AvgIpc) is 1.98. The van der Waals surface area contributed by atoms with Crippen LogP contribution < -0.4 is 0 Å². The molecule has 0 aliphatic rings. The van der Waals surface area contributed by atoms with Gasteiger partial charge >= 0.3 is 7.68 Å². The van der Waals surface area contributed by atoms with Gasteiger partial charge in [0.05, 0.1) is 5.60 Å². The zero-order valence-electron chi connectivity index (χ0n) is 8.97. The number of rotatable bonds is 6. The Balaban J connectivity index is 4.19. The van der Waals surface area contributed by atoms with Crippen LogP contribution in [0.25, 0.3) is 0 Å². The maximum Gasteiger partial charge on any atom is 0.365 e. The summed E-state index contributed by atoms with van der Waals surface area (Å²) in [7, 11) is -3.84. The van der Waals surface area contributed by atoms with Crippen LogP contribution in [0.2, 0.25) is 0 Å². The molecule has 0 aliphatic carbocycles. The van der Waals surface area contributed by atoms with Crippen LogP contribution in [0.4, 0.5) is 4.20 Å². The molecule has 0 bridgehead atoms. The first-order valence-electron chi connectivity index (χ1n) is 4.81. The van der Waals surface area contributed by atoms with Crippen LogP contribution in [0.5, 0.6) is 0 Å². The van der Waals surface area contributed by atoms with E-state index in [4.69, 9.17) is 4.52 Å². The van der Waals surface area contributed by atoms with Gasteiger partial charge in [0.15, 0.2) is 0 Å². The van der Waals surface area contributed by atoms with Crippen LogP contribution in [0.3, 0.4) is 0 Å². The van der Waals surface area contributed by atoms with Crippen LogP contribution >= 0.6 is 7.68 Å². The average molecular weight is 210 g/mol. The van der Waals surface area contributed by atoms with E-state index >= 15 is 0 Å². The zero-order valence-corrected chi connectivity index (χ0v) is 9.86. The van der Waals surface area contributed by atoms with Gasteiger partial charge in [-0.15, -0.1) is 0 Å². The van der Waals surface area contributed by atoms with Crippen LogP contribution in [0.15, 0.2) is 0 Å². The van der Waals surface area contributed by atoms with Crippen molar-refractivity contribution in [2.45, 2.75) is 52.1 Å². The third-order valence-electron chi connectivity index (χ3n) is 2.19. The smallest absolute Gasteiger partial charge is 0.299 e. The highest BCUT2D eigenvalue weighted by Gasteiger charge is 2.30. The summed E-state index contributed by atoms with van der Waals surface area (Å²) in [6.45, 7) is 6.83. The molecule has 0 spiro atoms. The van der Waals surface area contributed by atoms with Crippen molar-refractivity contribution in [2.24, 2.45) is 0 Å². The highest BCUT2D eigenvalue weighted by molar-refractivity contribution is 7.52. The fourth-order valence-electron chi connectivity index (χ4n) is 1.23. The summed E-state index contributed by atoms with van der Waals surface area (Å²) in [6.07, 6.45) is 3.47. The summed E-state index contributed by atoms with van der Waals surface area (Å²) in [5.74, 6) is 0. The number of hydrogen-bond donors (Lipinski definition) is 0. The van der Waals surface area contributed by atoms with Crippen molar-refractivity contribution in [3.63, 3.8) is 0 Å². The van der Waals surface area contributed by atoms with Gasteiger partial charge in [-0.3, -0.25) is 9.09 Å². The molecule has 2 nitrogen and oxygen atoms in total. The van der Waals surface area contributed by atoms with Gasteiger partial charge in [-0.2, -0.15) is 4.20 Å². The molecule has 13 heavy (non-hydrogen) atoms. The first kappa shape index (κ1) is 13.1. The minimum Gasteiger partial charge on any atom is -0.299 e. The van der Waals surface area contributed by atoms with Gasteiger partial charge in [0.1, 0.15) is 0 Å². The fraction of sp³-hybridized carbons (Fsp3) is 1.00. The maximum absolute atomic E-state index is 12.8. The molecule has 0 rings (SSSR count). The predicted octanol–water partition coefficient (Wildman–Crippen LogP) is 4.15. The molecule has 0 aliphatic heterocycles. The van der Waals surface area contributed by atoms with E-state index in [9.17, 15) is 8.76 Å². The summed E-state index contributed by atoms with van der Waals surface area (Å²) >= 11 is 0. The molecule has 0 aromatic rings. The second-order valence-corrected chi connectivity index (χ2v) is 5.42. The summed E-state index contributed by atoms with van der Waals surface area (Å²) in [5, 5.41) is 0. The molecule has 0 heterocycles. The second kappa shape index (κ2) is 5.11. The van der Waals surface area contributed by atoms with E-state index in [2.05, 4.69) is 6.92 Å². The van der Waals surface area contributed by atoms with E-state index in [-0.39, 0.29) is 0 Å². The molecule has 0 N–H and O–H groups in total. The Labute approximate surface area is 80.4 Å². The molecule has 0 aromatic carbocycles. The van der Waals surface area contributed by atoms with Gasteiger partial charge < -0.3 is 0 Å². The standard InChI is InChI=1S/C9H20FO2P/c1-5-7-8-9(3,6-2)12-13(4,10)11/h5-8H2,1-4H3. The normalized spacial score (nSPS) is 20.7. The Morgan fingerprint density at radius 1 is 1.46 bits per heavy atom. The Kier molecular flexibility index (Phi) is 5.16.